The minimum Gasteiger partial charge on any atom is -0.296 e. The van der Waals surface area contributed by atoms with Crippen molar-refractivity contribution in [1.82, 2.24) is 14.5 Å². The lowest BCUT2D eigenvalue weighted by Gasteiger charge is -2.08. The van der Waals surface area contributed by atoms with E-state index in [0.717, 1.165) is 28.5 Å². The highest BCUT2D eigenvalue weighted by molar-refractivity contribution is 7.09. The topological polar surface area (TPSA) is 47.8 Å². The Balaban J connectivity index is 2.13. The molecule has 0 spiro atoms. The Hall–Kier alpha value is -1.20. The third kappa shape index (κ3) is 2.97. The SMILES string of the molecule is Cc1cc(C)n(CCc2nc(CCl)cs2)c(=O)n1. The maximum atomic E-state index is 11.8. The molecule has 0 aromatic carbocycles. The molecule has 0 N–H and O–H groups in total. The van der Waals surface area contributed by atoms with Crippen molar-refractivity contribution < 1.29 is 0 Å². The predicted molar refractivity (Wildman–Crippen MR) is 73.3 cm³/mol. The highest BCUT2D eigenvalue weighted by Gasteiger charge is 2.05. The number of rotatable bonds is 4. The standard InChI is InChI=1S/C12H14ClN3OS/c1-8-5-9(2)16(12(17)14-8)4-3-11-15-10(6-13)7-18-11/h5,7H,3-4,6H2,1-2H3. The Bertz CT molecular complexity index is 606. The normalized spacial score (nSPS) is 10.8. The molecule has 4 nitrogen and oxygen atoms in total. The van der Waals surface area contributed by atoms with Gasteiger partial charge in [0, 0.05) is 29.7 Å². The van der Waals surface area contributed by atoms with Crippen molar-refractivity contribution in [2.24, 2.45) is 0 Å². The van der Waals surface area contributed by atoms with Gasteiger partial charge in [-0.05, 0) is 19.9 Å². The summed E-state index contributed by atoms with van der Waals surface area (Å²) in [5.74, 6) is 0.432. The molecule has 0 bridgehead atoms. The van der Waals surface area contributed by atoms with E-state index in [0.29, 0.717) is 12.4 Å². The average molecular weight is 284 g/mol. The summed E-state index contributed by atoms with van der Waals surface area (Å²) in [6.07, 6.45) is 0.729. The number of aromatic nitrogens is 3. The zero-order chi connectivity index (χ0) is 13.1. The zero-order valence-corrected chi connectivity index (χ0v) is 11.9. The third-order valence-corrected chi connectivity index (χ3v) is 3.86. The van der Waals surface area contributed by atoms with Crippen LogP contribution in [-0.4, -0.2) is 14.5 Å². The van der Waals surface area contributed by atoms with Gasteiger partial charge in [0.05, 0.1) is 16.6 Å². The molecule has 2 heterocycles. The van der Waals surface area contributed by atoms with Gasteiger partial charge in [-0.2, -0.15) is 4.98 Å². The van der Waals surface area contributed by atoms with Crippen molar-refractivity contribution >= 4 is 22.9 Å². The van der Waals surface area contributed by atoms with Crippen LogP contribution in [0.25, 0.3) is 0 Å². The number of alkyl halides is 1. The average Bonchev–Trinajstić information content (AvgIpc) is 2.75. The predicted octanol–water partition coefficient (Wildman–Crippen LogP) is 2.30. The van der Waals surface area contributed by atoms with Gasteiger partial charge >= 0.3 is 5.69 Å². The van der Waals surface area contributed by atoms with Crippen LogP contribution in [0.5, 0.6) is 0 Å². The number of nitrogens with zero attached hydrogens (tertiary/aromatic N) is 3. The zero-order valence-electron chi connectivity index (χ0n) is 10.3. The second-order valence-corrected chi connectivity index (χ2v) is 5.30. The minimum absolute atomic E-state index is 0.193. The van der Waals surface area contributed by atoms with Gasteiger partial charge in [-0.1, -0.05) is 0 Å². The van der Waals surface area contributed by atoms with E-state index in [2.05, 4.69) is 9.97 Å². The summed E-state index contributed by atoms with van der Waals surface area (Å²) in [5.41, 5.74) is 2.39. The summed E-state index contributed by atoms with van der Waals surface area (Å²) in [4.78, 5) is 20.1. The molecular weight excluding hydrogens is 270 g/mol. The van der Waals surface area contributed by atoms with Gasteiger partial charge in [-0.15, -0.1) is 22.9 Å². The molecular formula is C12H14ClN3OS. The smallest absolute Gasteiger partial charge is 0.296 e. The Kier molecular flexibility index (Phi) is 4.14. The fourth-order valence-corrected chi connectivity index (χ4v) is 2.79. The summed E-state index contributed by atoms with van der Waals surface area (Å²) >= 11 is 7.28. The van der Waals surface area contributed by atoms with Gasteiger partial charge in [0.15, 0.2) is 0 Å². The summed E-state index contributed by atoms with van der Waals surface area (Å²) in [5, 5.41) is 2.95. The van der Waals surface area contributed by atoms with Gasteiger partial charge in [0.25, 0.3) is 0 Å². The van der Waals surface area contributed by atoms with E-state index in [-0.39, 0.29) is 5.69 Å². The van der Waals surface area contributed by atoms with Crippen molar-refractivity contribution in [2.75, 3.05) is 0 Å². The van der Waals surface area contributed by atoms with Crippen LogP contribution in [0, 0.1) is 13.8 Å². The van der Waals surface area contributed by atoms with Gasteiger partial charge in [0.1, 0.15) is 0 Å². The highest BCUT2D eigenvalue weighted by atomic mass is 35.5. The van der Waals surface area contributed by atoms with Crippen LogP contribution in [-0.2, 0) is 18.8 Å². The van der Waals surface area contributed by atoms with Crippen LogP contribution in [0.2, 0.25) is 0 Å². The van der Waals surface area contributed by atoms with E-state index in [1.807, 2.05) is 25.3 Å². The third-order valence-electron chi connectivity index (χ3n) is 2.63. The van der Waals surface area contributed by atoms with E-state index < -0.39 is 0 Å². The minimum atomic E-state index is -0.193. The van der Waals surface area contributed by atoms with Crippen LogP contribution in [0.4, 0.5) is 0 Å². The van der Waals surface area contributed by atoms with Crippen molar-refractivity contribution in [2.45, 2.75) is 32.7 Å². The Labute approximate surface area is 114 Å². The number of thiazole rings is 1. The van der Waals surface area contributed by atoms with Gasteiger partial charge in [-0.3, -0.25) is 4.57 Å². The summed E-state index contributed by atoms with van der Waals surface area (Å²) in [6.45, 7) is 4.35. The lowest BCUT2D eigenvalue weighted by Crippen LogP contribution is -2.26. The fourth-order valence-electron chi connectivity index (χ4n) is 1.78. The summed E-state index contributed by atoms with van der Waals surface area (Å²) in [6, 6.07) is 1.91. The van der Waals surface area contributed by atoms with Crippen molar-refractivity contribution in [3.05, 3.63) is 44.0 Å². The van der Waals surface area contributed by atoms with Crippen molar-refractivity contribution in [3.63, 3.8) is 0 Å². The molecule has 0 aliphatic heterocycles. The molecule has 2 aromatic rings. The molecule has 2 aromatic heterocycles. The number of halogens is 1. The van der Waals surface area contributed by atoms with Crippen LogP contribution in [0.1, 0.15) is 22.1 Å². The molecule has 0 unspecified atom stereocenters. The van der Waals surface area contributed by atoms with Gasteiger partial charge < -0.3 is 0 Å². The quantitative estimate of drug-likeness (QED) is 0.809. The van der Waals surface area contributed by atoms with Gasteiger partial charge in [-0.25, -0.2) is 9.78 Å². The number of hydrogen-bond donors (Lipinski definition) is 0. The molecule has 0 atom stereocenters. The molecule has 2 rings (SSSR count). The number of aryl methyl sites for hydroxylation is 3. The molecule has 0 saturated carbocycles. The Morgan fingerprint density at radius 1 is 1.39 bits per heavy atom. The van der Waals surface area contributed by atoms with Crippen LogP contribution >= 0.6 is 22.9 Å². The van der Waals surface area contributed by atoms with E-state index in [1.54, 1.807) is 15.9 Å². The lowest BCUT2D eigenvalue weighted by molar-refractivity contribution is 0.624. The molecule has 0 fully saturated rings. The first-order chi connectivity index (χ1) is 8.60. The van der Waals surface area contributed by atoms with Crippen LogP contribution in [0.15, 0.2) is 16.2 Å². The monoisotopic (exact) mass is 283 g/mol. The van der Waals surface area contributed by atoms with E-state index in [9.17, 15) is 4.79 Å². The molecule has 0 aliphatic rings. The van der Waals surface area contributed by atoms with Crippen molar-refractivity contribution in [3.8, 4) is 0 Å². The number of hydrogen-bond acceptors (Lipinski definition) is 4. The first-order valence-electron chi connectivity index (χ1n) is 5.64. The van der Waals surface area contributed by atoms with E-state index in [4.69, 9.17) is 11.6 Å². The molecule has 18 heavy (non-hydrogen) atoms. The maximum Gasteiger partial charge on any atom is 0.347 e. The Morgan fingerprint density at radius 3 is 2.78 bits per heavy atom. The molecule has 6 heteroatoms. The largest absolute Gasteiger partial charge is 0.347 e. The van der Waals surface area contributed by atoms with Crippen LogP contribution in [0.3, 0.4) is 0 Å². The van der Waals surface area contributed by atoms with E-state index in [1.165, 1.54) is 0 Å². The second kappa shape index (κ2) is 5.63. The lowest BCUT2D eigenvalue weighted by atomic mass is 10.3. The molecule has 0 amide bonds. The van der Waals surface area contributed by atoms with Gasteiger partial charge in [0.2, 0.25) is 0 Å². The molecule has 96 valence electrons. The summed E-state index contributed by atoms with van der Waals surface area (Å²) < 4.78 is 1.68. The molecule has 0 radical (unpaired) electrons. The van der Waals surface area contributed by atoms with Crippen molar-refractivity contribution in [1.29, 1.82) is 0 Å². The maximum absolute atomic E-state index is 11.8. The second-order valence-electron chi connectivity index (χ2n) is 4.09. The first-order valence-corrected chi connectivity index (χ1v) is 7.06. The molecule has 0 aliphatic carbocycles. The fraction of sp³-hybridized carbons (Fsp3) is 0.417. The van der Waals surface area contributed by atoms with E-state index >= 15 is 0 Å². The summed E-state index contributed by atoms with van der Waals surface area (Å²) in [7, 11) is 0. The first kappa shape index (κ1) is 13.2. The Morgan fingerprint density at radius 2 is 2.17 bits per heavy atom. The van der Waals surface area contributed by atoms with Crippen LogP contribution < -0.4 is 5.69 Å². The molecule has 0 saturated heterocycles. The highest BCUT2D eigenvalue weighted by Crippen LogP contribution is 2.12.